The fourth-order valence-corrected chi connectivity index (χ4v) is 2.79. The Morgan fingerprint density at radius 2 is 2.16 bits per heavy atom. The Labute approximate surface area is 114 Å². The van der Waals surface area contributed by atoms with Crippen molar-refractivity contribution in [1.29, 1.82) is 0 Å². The molecule has 8 heteroatoms. The molecule has 0 radical (unpaired) electrons. The Morgan fingerprint density at radius 1 is 1.47 bits per heavy atom. The predicted octanol–water partition coefficient (Wildman–Crippen LogP) is 0.105. The molecule has 0 atom stereocenters. The number of anilines is 1. The molecule has 0 aliphatic carbocycles. The van der Waals surface area contributed by atoms with Crippen molar-refractivity contribution in [2.75, 3.05) is 32.9 Å². The highest BCUT2D eigenvalue weighted by molar-refractivity contribution is 7.89. The average Bonchev–Trinajstić information content (AvgIpc) is 2.68. The van der Waals surface area contributed by atoms with Crippen LogP contribution in [-0.4, -0.2) is 50.3 Å². The van der Waals surface area contributed by atoms with Crippen molar-refractivity contribution < 1.29 is 8.42 Å². The lowest BCUT2D eigenvalue weighted by atomic mass is 10.4. The second-order valence-electron chi connectivity index (χ2n) is 4.67. The SMILES string of the molecule is CCCn1ncc(S(=O)(=O)NCCCN(C)C)c1N. The summed E-state index contributed by atoms with van der Waals surface area (Å²) >= 11 is 0. The van der Waals surface area contributed by atoms with E-state index in [4.69, 9.17) is 5.73 Å². The number of rotatable bonds is 8. The molecule has 0 spiro atoms. The van der Waals surface area contributed by atoms with Crippen LogP contribution >= 0.6 is 0 Å². The number of nitrogens with one attached hydrogen (secondary N) is 1. The van der Waals surface area contributed by atoms with E-state index in [-0.39, 0.29) is 10.7 Å². The number of sulfonamides is 1. The van der Waals surface area contributed by atoms with Gasteiger partial charge in [0, 0.05) is 13.1 Å². The molecule has 0 aromatic carbocycles. The lowest BCUT2D eigenvalue weighted by Gasteiger charge is -2.10. The van der Waals surface area contributed by atoms with Crippen LogP contribution < -0.4 is 10.5 Å². The first-order chi connectivity index (χ1) is 8.88. The van der Waals surface area contributed by atoms with Gasteiger partial charge >= 0.3 is 0 Å². The smallest absolute Gasteiger partial charge is 0.245 e. The summed E-state index contributed by atoms with van der Waals surface area (Å²) in [5, 5.41) is 3.99. The fourth-order valence-electron chi connectivity index (χ4n) is 1.65. The van der Waals surface area contributed by atoms with E-state index in [1.807, 2.05) is 25.9 Å². The van der Waals surface area contributed by atoms with Gasteiger partial charge in [0.15, 0.2) is 0 Å². The Bertz CT molecular complexity index is 495. The summed E-state index contributed by atoms with van der Waals surface area (Å²) in [6.07, 6.45) is 2.90. The van der Waals surface area contributed by atoms with Crippen molar-refractivity contribution in [2.45, 2.75) is 31.2 Å². The molecule has 0 aliphatic rings. The number of aryl methyl sites for hydroxylation is 1. The van der Waals surface area contributed by atoms with E-state index in [0.717, 1.165) is 19.4 Å². The normalized spacial score (nSPS) is 12.2. The summed E-state index contributed by atoms with van der Waals surface area (Å²) in [6.45, 7) is 3.81. The first-order valence-electron chi connectivity index (χ1n) is 6.34. The molecule has 0 saturated heterocycles. The molecule has 19 heavy (non-hydrogen) atoms. The number of hydrogen-bond donors (Lipinski definition) is 2. The molecule has 1 aromatic heterocycles. The zero-order valence-corrected chi connectivity index (χ0v) is 12.6. The second-order valence-corrected chi connectivity index (χ2v) is 6.41. The van der Waals surface area contributed by atoms with Crippen molar-refractivity contribution in [3.63, 3.8) is 0 Å². The molecule has 1 rings (SSSR count). The van der Waals surface area contributed by atoms with Gasteiger partial charge in [-0.25, -0.2) is 17.8 Å². The number of nitrogens with zero attached hydrogens (tertiary/aromatic N) is 3. The summed E-state index contributed by atoms with van der Waals surface area (Å²) in [4.78, 5) is 2.06. The summed E-state index contributed by atoms with van der Waals surface area (Å²) in [5.74, 6) is 0.196. The topological polar surface area (TPSA) is 93.2 Å². The quantitative estimate of drug-likeness (QED) is 0.662. The molecule has 0 aliphatic heterocycles. The molecule has 110 valence electrons. The first-order valence-corrected chi connectivity index (χ1v) is 7.82. The average molecular weight is 289 g/mol. The summed E-state index contributed by atoms with van der Waals surface area (Å²) < 4.78 is 28.2. The minimum Gasteiger partial charge on any atom is -0.383 e. The van der Waals surface area contributed by atoms with E-state index < -0.39 is 10.0 Å². The third-order valence-electron chi connectivity index (χ3n) is 2.64. The van der Waals surface area contributed by atoms with E-state index in [0.29, 0.717) is 13.1 Å². The summed E-state index contributed by atoms with van der Waals surface area (Å²) in [5.41, 5.74) is 5.80. The van der Waals surface area contributed by atoms with Gasteiger partial charge in [0.2, 0.25) is 10.0 Å². The third kappa shape index (κ3) is 4.48. The molecule has 0 bridgehead atoms. The van der Waals surface area contributed by atoms with Gasteiger partial charge in [0.05, 0.1) is 6.20 Å². The summed E-state index contributed by atoms with van der Waals surface area (Å²) in [6, 6.07) is 0. The monoisotopic (exact) mass is 289 g/mol. The van der Waals surface area contributed by atoms with E-state index in [2.05, 4.69) is 9.82 Å². The van der Waals surface area contributed by atoms with E-state index in [1.165, 1.54) is 10.9 Å². The largest absolute Gasteiger partial charge is 0.383 e. The van der Waals surface area contributed by atoms with Gasteiger partial charge in [-0.3, -0.25) is 0 Å². The lowest BCUT2D eigenvalue weighted by Crippen LogP contribution is -2.27. The number of nitrogens with two attached hydrogens (primary N) is 1. The van der Waals surface area contributed by atoms with Gasteiger partial charge in [-0.2, -0.15) is 5.10 Å². The lowest BCUT2D eigenvalue weighted by molar-refractivity contribution is 0.400. The molecule has 3 N–H and O–H groups in total. The maximum absolute atomic E-state index is 12.1. The Hall–Kier alpha value is -1.12. The van der Waals surface area contributed by atoms with Crippen molar-refractivity contribution in [3.05, 3.63) is 6.20 Å². The van der Waals surface area contributed by atoms with Crippen molar-refractivity contribution in [1.82, 2.24) is 19.4 Å². The minimum absolute atomic E-state index is 0.0609. The molecule has 0 amide bonds. The van der Waals surface area contributed by atoms with Crippen LogP contribution in [0.3, 0.4) is 0 Å². The number of aromatic nitrogens is 2. The van der Waals surface area contributed by atoms with Crippen LogP contribution in [0.4, 0.5) is 5.82 Å². The van der Waals surface area contributed by atoms with Crippen LogP contribution in [-0.2, 0) is 16.6 Å². The van der Waals surface area contributed by atoms with Crippen molar-refractivity contribution in [3.8, 4) is 0 Å². The highest BCUT2D eigenvalue weighted by atomic mass is 32.2. The van der Waals surface area contributed by atoms with Gasteiger partial charge in [0.1, 0.15) is 10.7 Å². The maximum Gasteiger partial charge on any atom is 0.245 e. The Kier molecular flexibility index (Phi) is 5.77. The number of nitrogen functional groups attached to an aromatic ring is 1. The van der Waals surface area contributed by atoms with Crippen molar-refractivity contribution in [2.24, 2.45) is 0 Å². The van der Waals surface area contributed by atoms with E-state index in [9.17, 15) is 8.42 Å². The summed E-state index contributed by atoms with van der Waals surface area (Å²) in [7, 11) is 0.328. The highest BCUT2D eigenvalue weighted by Crippen LogP contribution is 2.17. The number of hydrogen-bond acceptors (Lipinski definition) is 5. The second kappa shape index (κ2) is 6.88. The highest BCUT2D eigenvalue weighted by Gasteiger charge is 2.20. The minimum atomic E-state index is -3.56. The zero-order valence-electron chi connectivity index (χ0n) is 11.8. The van der Waals surface area contributed by atoms with Gasteiger partial charge in [-0.15, -0.1) is 0 Å². The molecular weight excluding hydrogens is 266 g/mol. The van der Waals surface area contributed by atoms with Gasteiger partial charge in [-0.05, 0) is 33.5 Å². The van der Waals surface area contributed by atoms with Crippen molar-refractivity contribution >= 4 is 15.8 Å². The molecule has 0 fully saturated rings. The first kappa shape index (κ1) is 15.9. The van der Waals surface area contributed by atoms with Crippen LogP contribution in [0.25, 0.3) is 0 Å². The zero-order chi connectivity index (χ0) is 14.5. The van der Waals surface area contributed by atoms with Crippen LogP contribution in [0, 0.1) is 0 Å². The standard InChI is InChI=1S/C11H23N5O2S/c1-4-7-16-11(12)10(9-13-16)19(17,18)14-6-5-8-15(2)3/h9,14H,4-8,12H2,1-3H3. The van der Waals surface area contributed by atoms with E-state index in [1.54, 1.807) is 0 Å². The molecule has 1 heterocycles. The molecule has 7 nitrogen and oxygen atoms in total. The molecule has 1 aromatic rings. The fraction of sp³-hybridized carbons (Fsp3) is 0.727. The molecule has 0 unspecified atom stereocenters. The predicted molar refractivity (Wildman–Crippen MR) is 75.3 cm³/mol. The maximum atomic E-state index is 12.1. The van der Waals surface area contributed by atoms with Crippen LogP contribution in [0.15, 0.2) is 11.1 Å². The van der Waals surface area contributed by atoms with Gasteiger partial charge < -0.3 is 10.6 Å². The Balaban J connectivity index is 2.67. The van der Waals surface area contributed by atoms with Crippen LogP contribution in [0.1, 0.15) is 19.8 Å². The van der Waals surface area contributed by atoms with E-state index >= 15 is 0 Å². The van der Waals surface area contributed by atoms with Gasteiger partial charge in [0.25, 0.3) is 0 Å². The Morgan fingerprint density at radius 3 is 2.74 bits per heavy atom. The third-order valence-corrected chi connectivity index (χ3v) is 4.12. The molecule has 0 saturated carbocycles. The molecular formula is C11H23N5O2S. The van der Waals surface area contributed by atoms with Crippen LogP contribution in [0.5, 0.6) is 0 Å². The van der Waals surface area contributed by atoms with Gasteiger partial charge in [-0.1, -0.05) is 6.92 Å². The van der Waals surface area contributed by atoms with Crippen LogP contribution in [0.2, 0.25) is 0 Å².